The molecule has 3 aromatic rings. The molecular weight excluding hydrogens is 292 g/mol. The SMILES string of the molecule is CN(C)c1ccc(C(N=Cc2ccccc2)c2ccccc2)cc1. The van der Waals surface area contributed by atoms with Gasteiger partial charge >= 0.3 is 0 Å². The summed E-state index contributed by atoms with van der Waals surface area (Å²) in [6.45, 7) is 0. The minimum atomic E-state index is 0.00242. The third-order valence-electron chi connectivity index (χ3n) is 4.01. The van der Waals surface area contributed by atoms with E-state index in [0.29, 0.717) is 0 Å². The average molecular weight is 314 g/mol. The number of aliphatic imine (C=N–C) groups is 1. The van der Waals surface area contributed by atoms with Crippen LogP contribution in [0.1, 0.15) is 22.7 Å². The number of anilines is 1. The molecule has 0 heterocycles. The highest BCUT2D eigenvalue weighted by Crippen LogP contribution is 2.27. The van der Waals surface area contributed by atoms with E-state index in [1.54, 1.807) is 0 Å². The number of nitrogens with zero attached hydrogens (tertiary/aromatic N) is 2. The van der Waals surface area contributed by atoms with Gasteiger partial charge in [0.1, 0.15) is 0 Å². The molecule has 0 aromatic heterocycles. The molecule has 0 N–H and O–H groups in total. The average Bonchev–Trinajstić information content (AvgIpc) is 2.64. The summed E-state index contributed by atoms with van der Waals surface area (Å²) in [4.78, 5) is 6.98. The van der Waals surface area contributed by atoms with E-state index in [1.165, 1.54) is 16.8 Å². The number of hydrogen-bond acceptors (Lipinski definition) is 2. The van der Waals surface area contributed by atoms with Crippen LogP contribution in [0.3, 0.4) is 0 Å². The molecule has 3 aromatic carbocycles. The lowest BCUT2D eigenvalue weighted by Gasteiger charge is -2.16. The molecule has 0 saturated carbocycles. The summed E-state index contributed by atoms with van der Waals surface area (Å²) in [6, 6.07) is 29.3. The van der Waals surface area contributed by atoms with E-state index in [2.05, 4.69) is 79.7 Å². The van der Waals surface area contributed by atoms with Crippen LogP contribution < -0.4 is 4.90 Å². The zero-order chi connectivity index (χ0) is 16.8. The fraction of sp³-hybridized carbons (Fsp3) is 0.136. The van der Waals surface area contributed by atoms with E-state index in [-0.39, 0.29) is 6.04 Å². The van der Waals surface area contributed by atoms with Crippen LogP contribution in [0.2, 0.25) is 0 Å². The molecule has 1 atom stereocenters. The van der Waals surface area contributed by atoms with Gasteiger partial charge in [-0.3, -0.25) is 4.99 Å². The third-order valence-corrected chi connectivity index (χ3v) is 4.01. The molecule has 0 amide bonds. The Kier molecular flexibility index (Phi) is 5.07. The van der Waals surface area contributed by atoms with Gasteiger partial charge in [0, 0.05) is 26.0 Å². The smallest absolute Gasteiger partial charge is 0.0999 e. The van der Waals surface area contributed by atoms with Crippen molar-refractivity contribution in [2.75, 3.05) is 19.0 Å². The fourth-order valence-electron chi connectivity index (χ4n) is 2.65. The third kappa shape index (κ3) is 3.90. The molecule has 0 fully saturated rings. The second-order valence-corrected chi connectivity index (χ2v) is 5.99. The maximum atomic E-state index is 4.87. The second kappa shape index (κ2) is 7.60. The van der Waals surface area contributed by atoms with E-state index in [0.717, 1.165) is 5.56 Å². The summed E-state index contributed by atoms with van der Waals surface area (Å²) in [7, 11) is 4.11. The Bertz CT molecular complexity index is 775. The van der Waals surface area contributed by atoms with Gasteiger partial charge in [-0.2, -0.15) is 0 Å². The van der Waals surface area contributed by atoms with E-state index in [1.807, 2.05) is 30.5 Å². The van der Waals surface area contributed by atoms with Gasteiger partial charge in [-0.25, -0.2) is 0 Å². The molecule has 3 rings (SSSR count). The standard InChI is InChI=1S/C22H22N2/c1-24(2)21-15-13-20(14-16-21)22(19-11-7-4-8-12-19)23-17-18-9-5-3-6-10-18/h3-17,22H,1-2H3. The molecule has 1 unspecified atom stereocenters. The lowest BCUT2D eigenvalue weighted by Crippen LogP contribution is -2.08. The van der Waals surface area contributed by atoms with Crippen LogP contribution in [-0.2, 0) is 0 Å². The summed E-state index contributed by atoms with van der Waals surface area (Å²) in [5, 5.41) is 0. The van der Waals surface area contributed by atoms with Gasteiger partial charge in [-0.15, -0.1) is 0 Å². The molecule has 0 saturated heterocycles. The molecule has 0 bridgehead atoms. The Balaban J connectivity index is 1.95. The first-order chi connectivity index (χ1) is 11.7. The van der Waals surface area contributed by atoms with Gasteiger partial charge < -0.3 is 4.90 Å². The van der Waals surface area contributed by atoms with E-state index in [9.17, 15) is 0 Å². The highest BCUT2D eigenvalue weighted by atomic mass is 15.1. The van der Waals surface area contributed by atoms with Crippen molar-refractivity contribution in [3.8, 4) is 0 Å². The molecule has 0 aliphatic heterocycles. The summed E-state index contributed by atoms with van der Waals surface area (Å²) >= 11 is 0. The highest BCUT2D eigenvalue weighted by Gasteiger charge is 2.12. The van der Waals surface area contributed by atoms with Crippen molar-refractivity contribution < 1.29 is 0 Å². The van der Waals surface area contributed by atoms with Crippen LogP contribution in [0.25, 0.3) is 0 Å². The topological polar surface area (TPSA) is 15.6 Å². The minimum absolute atomic E-state index is 0.00242. The Morgan fingerprint density at radius 2 is 1.25 bits per heavy atom. The maximum Gasteiger partial charge on any atom is 0.0999 e. The van der Waals surface area contributed by atoms with E-state index >= 15 is 0 Å². The normalized spacial score (nSPS) is 12.2. The lowest BCUT2D eigenvalue weighted by molar-refractivity contribution is 0.877. The van der Waals surface area contributed by atoms with E-state index < -0.39 is 0 Å². The number of rotatable bonds is 5. The summed E-state index contributed by atoms with van der Waals surface area (Å²) in [5.74, 6) is 0. The van der Waals surface area contributed by atoms with Crippen LogP contribution >= 0.6 is 0 Å². The van der Waals surface area contributed by atoms with Crippen LogP contribution in [0.15, 0.2) is 89.9 Å². The molecule has 0 spiro atoms. The lowest BCUT2D eigenvalue weighted by atomic mass is 9.99. The first-order valence-electron chi connectivity index (χ1n) is 8.14. The number of benzene rings is 3. The van der Waals surface area contributed by atoms with Gasteiger partial charge in [0.25, 0.3) is 0 Å². The maximum absolute atomic E-state index is 4.87. The van der Waals surface area contributed by atoms with E-state index in [4.69, 9.17) is 4.99 Å². The Hall–Kier alpha value is -2.87. The van der Waals surface area contributed by atoms with Crippen LogP contribution in [-0.4, -0.2) is 20.3 Å². The molecule has 0 radical (unpaired) electrons. The van der Waals surface area contributed by atoms with Gasteiger partial charge in [0.15, 0.2) is 0 Å². The van der Waals surface area contributed by atoms with Crippen molar-refractivity contribution in [3.05, 3.63) is 102 Å². The van der Waals surface area contributed by atoms with Gasteiger partial charge in [0.2, 0.25) is 0 Å². The van der Waals surface area contributed by atoms with Crippen molar-refractivity contribution in [3.63, 3.8) is 0 Å². The predicted molar refractivity (Wildman–Crippen MR) is 103 cm³/mol. The molecule has 0 aliphatic carbocycles. The zero-order valence-corrected chi connectivity index (χ0v) is 14.1. The molecule has 0 aliphatic rings. The van der Waals surface area contributed by atoms with Gasteiger partial charge in [-0.05, 0) is 28.8 Å². The molecule has 24 heavy (non-hydrogen) atoms. The Morgan fingerprint density at radius 3 is 1.83 bits per heavy atom. The quantitative estimate of drug-likeness (QED) is 0.608. The minimum Gasteiger partial charge on any atom is -0.378 e. The largest absolute Gasteiger partial charge is 0.378 e. The van der Waals surface area contributed by atoms with Gasteiger partial charge in [-0.1, -0.05) is 72.8 Å². The fourth-order valence-corrected chi connectivity index (χ4v) is 2.65. The first kappa shape index (κ1) is 16.0. The second-order valence-electron chi connectivity index (χ2n) is 5.99. The van der Waals surface area contributed by atoms with Crippen molar-refractivity contribution >= 4 is 11.9 Å². The highest BCUT2D eigenvalue weighted by molar-refractivity contribution is 5.79. The van der Waals surface area contributed by atoms with Crippen molar-refractivity contribution in [2.45, 2.75) is 6.04 Å². The first-order valence-corrected chi connectivity index (χ1v) is 8.14. The monoisotopic (exact) mass is 314 g/mol. The summed E-state index contributed by atoms with van der Waals surface area (Å²) in [6.07, 6.45) is 1.96. The van der Waals surface area contributed by atoms with Crippen LogP contribution in [0, 0.1) is 0 Å². The summed E-state index contributed by atoms with van der Waals surface area (Å²) < 4.78 is 0. The molecule has 2 heteroatoms. The molecular formula is C22H22N2. The zero-order valence-electron chi connectivity index (χ0n) is 14.1. The van der Waals surface area contributed by atoms with Crippen molar-refractivity contribution in [1.29, 1.82) is 0 Å². The Morgan fingerprint density at radius 1 is 0.708 bits per heavy atom. The predicted octanol–water partition coefficient (Wildman–Crippen LogP) is 4.96. The summed E-state index contributed by atoms with van der Waals surface area (Å²) in [5.41, 5.74) is 4.70. The van der Waals surface area contributed by atoms with Crippen LogP contribution in [0.5, 0.6) is 0 Å². The van der Waals surface area contributed by atoms with Crippen molar-refractivity contribution in [2.24, 2.45) is 4.99 Å². The van der Waals surface area contributed by atoms with Crippen LogP contribution in [0.4, 0.5) is 5.69 Å². The van der Waals surface area contributed by atoms with Gasteiger partial charge in [0.05, 0.1) is 6.04 Å². The molecule has 2 nitrogen and oxygen atoms in total. The molecule has 120 valence electrons. The van der Waals surface area contributed by atoms with Crippen molar-refractivity contribution in [1.82, 2.24) is 0 Å². The number of hydrogen-bond donors (Lipinski definition) is 0. The Labute approximate surface area is 144 Å².